The Morgan fingerprint density at radius 2 is 1.73 bits per heavy atom. The number of benzene rings is 2. The molecule has 0 aliphatic heterocycles. The predicted molar refractivity (Wildman–Crippen MR) is 112 cm³/mol. The molecule has 0 unspecified atom stereocenters. The fourth-order valence-electron chi connectivity index (χ4n) is 3.27. The third kappa shape index (κ3) is 3.86. The number of carbonyl (C=O) groups is 1. The van der Waals surface area contributed by atoms with Gasteiger partial charge in [0.05, 0.1) is 17.5 Å². The van der Waals surface area contributed by atoms with Crippen LogP contribution in [0.2, 0.25) is 0 Å². The van der Waals surface area contributed by atoms with E-state index in [4.69, 9.17) is 0 Å². The second-order valence-electron chi connectivity index (χ2n) is 6.80. The van der Waals surface area contributed by atoms with Crippen molar-refractivity contribution in [3.05, 3.63) is 85.1 Å². The van der Waals surface area contributed by atoms with Gasteiger partial charge in [-0.3, -0.25) is 14.6 Å². The highest BCUT2D eigenvalue weighted by Gasteiger charge is 2.18. The summed E-state index contributed by atoms with van der Waals surface area (Å²) in [6.07, 6.45) is 0.931. The first-order valence-corrected chi connectivity index (χ1v) is 8.98. The summed E-state index contributed by atoms with van der Waals surface area (Å²) in [5.74, 6) is -1.55. The van der Waals surface area contributed by atoms with Crippen molar-refractivity contribution in [1.29, 1.82) is 0 Å². The van der Waals surface area contributed by atoms with Crippen molar-refractivity contribution in [2.75, 3.05) is 0 Å². The van der Waals surface area contributed by atoms with Crippen LogP contribution in [-0.4, -0.2) is 31.9 Å². The molecule has 154 valence electrons. The van der Waals surface area contributed by atoms with Gasteiger partial charge in [-0.05, 0) is 44.0 Å². The molecule has 0 saturated heterocycles. The van der Waals surface area contributed by atoms with Crippen LogP contribution in [0.4, 0.5) is 0 Å². The molecule has 0 aliphatic carbocycles. The van der Waals surface area contributed by atoms with Crippen LogP contribution in [0.3, 0.4) is 0 Å². The highest BCUT2D eigenvalue weighted by atomic mass is 16.3. The number of para-hydroxylation sites is 1. The van der Waals surface area contributed by atoms with E-state index >= 15 is 0 Å². The Balaban J connectivity index is 2.02. The van der Waals surface area contributed by atoms with Crippen molar-refractivity contribution in [1.82, 2.24) is 15.0 Å². The molecule has 0 fully saturated rings. The van der Waals surface area contributed by atoms with Crippen LogP contribution < -0.4 is 16.7 Å². The van der Waals surface area contributed by atoms with Crippen LogP contribution >= 0.6 is 0 Å². The third-order valence-electron chi connectivity index (χ3n) is 4.49. The Kier molecular flexibility index (Phi) is 5.54. The molecule has 0 spiro atoms. The number of amides is 1. The average Bonchev–Trinajstić information content (AvgIpc) is 2.66. The molecule has 9 nitrogen and oxygen atoms in total. The molecule has 0 saturated carbocycles. The van der Waals surface area contributed by atoms with Gasteiger partial charge in [-0.1, -0.05) is 29.8 Å². The highest BCUT2D eigenvalue weighted by Crippen LogP contribution is 2.23. The van der Waals surface area contributed by atoms with E-state index in [1.54, 1.807) is 26.0 Å². The van der Waals surface area contributed by atoms with E-state index in [9.17, 15) is 24.6 Å². The monoisotopic (exact) mass is 408 g/mol. The van der Waals surface area contributed by atoms with Crippen LogP contribution in [0.15, 0.2) is 51.1 Å². The topological polar surface area (TPSA) is 137 Å². The predicted octanol–water partition coefficient (Wildman–Crippen LogP) is 1.63. The van der Waals surface area contributed by atoms with Crippen LogP contribution in [0.5, 0.6) is 11.6 Å². The second kappa shape index (κ2) is 8.08. The zero-order chi connectivity index (χ0) is 22.0. The van der Waals surface area contributed by atoms with E-state index < -0.39 is 23.0 Å². The first-order valence-electron chi connectivity index (χ1n) is 8.98. The number of phenols is 1. The van der Waals surface area contributed by atoms with Gasteiger partial charge in [0.1, 0.15) is 11.3 Å². The summed E-state index contributed by atoms with van der Waals surface area (Å²) >= 11 is 0. The van der Waals surface area contributed by atoms with Gasteiger partial charge in [-0.2, -0.15) is 5.10 Å². The van der Waals surface area contributed by atoms with Gasteiger partial charge in [0.2, 0.25) is 5.88 Å². The van der Waals surface area contributed by atoms with E-state index in [0.29, 0.717) is 5.69 Å². The SMILES string of the molecule is Cc1cc(C)c(-n2c(O)c(C=NNC(=O)c3ccccc3O)c(=O)[nH]c2=O)c(C)c1. The van der Waals surface area contributed by atoms with Crippen molar-refractivity contribution in [2.45, 2.75) is 20.8 Å². The van der Waals surface area contributed by atoms with Crippen molar-refractivity contribution in [3.8, 4) is 17.3 Å². The van der Waals surface area contributed by atoms with Gasteiger partial charge in [0, 0.05) is 0 Å². The summed E-state index contributed by atoms with van der Waals surface area (Å²) in [6, 6.07) is 9.56. The molecular formula is C21H20N4O5. The number of rotatable bonds is 4. The van der Waals surface area contributed by atoms with Gasteiger partial charge in [0.15, 0.2) is 0 Å². The average molecular weight is 408 g/mol. The molecule has 9 heteroatoms. The summed E-state index contributed by atoms with van der Waals surface area (Å²) in [7, 11) is 0. The molecule has 0 atom stereocenters. The van der Waals surface area contributed by atoms with Gasteiger partial charge in [-0.15, -0.1) is 0 Å². The Labute approximate surface area is 171 Å². The number of aromatic hydroxyl groups is 2. The standard InChI is InChI=1S/C21H20N4O5/c1-11-8-12(2)17(13(3)9-11)25-20(29)15(18(27)23-21(25)30)10-22-24-19(28)14-6-4-5-7-16(14)26/h4-10,26,29H,1-3H3,(H,24,28)(H,23,27,30). The largest absolute Gasteiger partial charge is 0.507 e. The molecule has 0 radical (unpaired) electrons. The van der Waals surface area contributed by atoms with Crippen molar-refractivity contribution in [2.24, 2.45) is 5.10 Å². The summed E-state index contributed by atoms with van der Waals surface area (Å²) in [5.41, 5.74) is 3.06. The number of aromatic amines is 1. The Morgan fingerprint density at radius 1 is 1.10 bits per heavy atom. The Bertz CT molecular complexity index is 1260. The number of aromatic nitrogens is 2. The minimum Gasteiger partial charge on any atom is -0.507 e. The fourth-order valence-corrected chi connectivity index (χ4v) is 3.27. The van der Waals surface area contributed by atoms with Gasteiger partial charge < -0.3 is 10.2 Å². The quantitative estimate of drug-likeness (QED) is 0.384. The minimum absolute atomic E-state index is 0.0105. The number of phenolic OH excluding ortho intramolecular Hbond substituents is 1. The van der Waals surface area contributed by atoms with Crippen LogP contribution in [-0.2, 0) is 0 Å². The zero-order valence-electron chi connectivity index (χ0n) is 16.6. The molecular weight excluding hydrogens is 388 g/mol. The molecule has 1 heterocycles. The number of aryl methyl sites for hydroxylation is 3. The van der Waals surface area contributed by atoms with E-state index in [-0.39, 0.29) is 16.9 Å². The van der Waals surface area contributed by atoms with Gasteiger partial charge >= 0.3 is 5.69 Å². The second-order valence-corrected chi connectivity index (χ2v) is 6.80. The normalized spacial score (nSPS) is 11.0. The molecule has 30 heavy (non-hydrogen) atoms. The molecule has 3 rings (SSSR count). The Morgan fingerprint density at radius 3 is 2.37 bits per heavy atom. The van der Waals surface area contributed by atoms with Crippen LogP contribution in [0.25, 0.3) is 5.69 Å². The summed E-state index contributed by atoms with van der Waals surface area (Å²) < 4.78 is 0.984. The number of hydrogen-bond acceptors (Lipinski definition) is 6. The lowest BCUT2D eigenvalue weighted by Gasteiger charge is -2.15. The molecule has 4 N–H and O–H groups in total. The molecule has 3 aromatic rings. The van der Waals surface area contributed by atoms with Crippen LogP contribution in [0.1, 0.15) is 32.6 Å². The molecule has 1 amide bonds. The molecule has 0 aliphatic rings. The van der Waals surface area contributed by atoms with E-state index in [0.717, 1.165) is 27.5 Å². The van der Waals surface area contributed by atoms with E-state index in [2.05, 4.69) is 15.5 Å². The first-order chi connectivity index (χ1) is 14.2. The van der Waals surface area contributed by atoms with Crippen molar-refractivity contribution in [3.63, 3.8) is 0 Å². The highest BCUT2D eigenvalue weighted by molar-refractivity contribution is 5.97. The maximum atomic E-state index is 12.4. The Hall–Kier alpha value is -4.14. The lowest BCUT2D eigenvalue weighted by atomic mass is 10.0. The lowest BCUT2D eigenvalue weighted by Crippen LogP contribution is -2.32. The number of carbonyl (C=O) groups excluding carboxylic acids is 1. The lowest BCUT2D eigenvalue weighted by molar-refractivity contribution is 0.0952. The number of nitrogens with zero attached hydrogens (tertiary/aromatic N) is 2. The zero-order valence-corrected chi connectivity index (χ0v) is 16.6. The molecule has 2 aromatic carbocycles. The first kappa shape index (κ1) is 20.6. The smallest absolute Gasteiger partial charge is 0.335 e. The van der Waals surface area contributed by atoms with Gasteiger partial charge in [0.25, 0.3) is 11.5 Å². The fraction of sp³-hybridized carbons (Fsp3) is 0.143. The third-order valence-corrected chi connectivity index (χ3v) is 4.49. The summed E-state index contributed by atoms with van der Waals surface area (Å²) in [4.78, 5) is 38.9. The maximum absolute atomic E-state index is 12.4. The van der Waals surface area contributed by atoms with E-state index in [1.165, 1.54) is 12.1 Å². The van der Waals surface area contributed by atoms with Crippen molar-refractivity contribution < 1.29 is 15.0 Å². The van der Waals surface area contributed by atoms with Gasteiger partial charge in [-0.25, -0.2) is 14.8 Å². The maximum Gasteiger partial charge on any atom is 0.335 e. The molecule has 0 bridgehead atoms. The van der Waals surface area contributed by atoms with Crippen molar-refractivity contribution >= 4 is 12.1 Å². The summed E-state index contributed by atoms with van der Waals surface area (Å²) in [5, 5.41) is 24.0. The number of nitrogens with one attached hydrogen (secondary N) is 2. The minimum atomic E-state index is -0.864. The number of H-pyrrole nitrogens is 1. The van der Waals surface area contributed by atoms with Crippen LogP contribution in [0, 0.1) is 20.8 Å². The number of hydrogen-bond donors (Lipinski definition) is 4. The molecule has 1 aromatic heterocycles. The summed E-state index contributed by atoms with van der Waals surface area (Å²) in [6.45, 7) is 5.48. The van der Waals surface area contributed by atoms with E-state index in [1.807, 2.05) is 19.1 Å². The number of hydrazone groups is 1.